The van der Waals surface area contributed by atoms with E-state index in [-0.39, 0.29) is 18.0 Å². The highest BCUT2D eigenvalue weighted by Crippen LogP contribution is 2.65. The Balaban J connectivity index is 1.36. The van der Waals surface area contributed by atoms with Gasteiger partial charge in [0.15, 0.2) is 5.78 Å². The fourth-order valence-electron chi connectivity index (χ4n) is 5.85. The number of thioether (sulfide) groups is 1. The van der Waals surface area contributed by atoms with E-state index in [0.717, 1.165) is 40.7 Å². The van der Waals surface area contributed by atoms with Gasteiger partial charge in [-0.3, -0.25) is 24.0 Å². The number of nitrogens with one attached hydrogen (secondary N) is 2. The van der Waals surface area contributed by atoms with Crippen molar-refractivity contribution in [1.29, 1.82) is 0 Å². The normalized spacial score (nSPS) is 22.2. The lowest BCUT2D eigenvalue weighted by molar-refractivity contribution is -0.138. The molecule has 218 valence electrons. The zero-order valence-corrected chi connectivity index (χ0v) is 24.7. The number of amides is 2. The van der Waals surface area contributed by atoms with Gasteiger partial charge >= 0.3 is 0 Å². The lowest BCUT2D eigenvalue weighted by Crippen LogP contribution is -2.49. The molecule has 1 aromatic carbocycles. The van der Waals surface area contributed by atoms with Crippen molar-refractivity contribution in [2.75, 3.05) is 18.1 Å². The molecule has 1 aromatic rings. The van der Waals surface area contributed by atoms with Crippen LogP contribution >= 0.6 is 11.8 Å². The molecule has 0 aromatic heterocycles. The van der Waals surface area contributed by atoms with Gasteiger partial charge in [-0.15, -0.1) is 0 Å². The fourth-order valence-corrected chi connectivity index (χ4v) is 7.01. The SMILES string of the molecule is CC(=O)N[C@@H](CSCC1=C(C)C=C2C(=O)[C@](C)(O)C3(CC3)C(C)=C21)C(=O)C(=O)CNC(=O)[C@@H](N)Cc1ccccc1. The van der Waals surface area contributed by atoms with Crippen molar-refractivity contribution < 1.29 is 29.1 Å². The number of carbonyl (C=O) groups excluding carboxylic acids is 5. The van der Waals surface area contributed by atoms with Gasteiger partial charge in [0.25, 0.3) is 0 Å². The monoisotopic (exact) mass is 579 g/mol. The molecule has 1 saturated carbocycles. The van der Waals surface area contributed by atoms with Gasteiger partial charge in [-0.25, -0.2) is 0 Å². The molecule has 2 amide bonds. The zero-order valence-electron chi connectivity index (χ0n) is 23.8. The van der Waals surface area contributed by atoms with Crippen LogP contribution in [0.25, 0.3) is 0 Å². The van der Waals surface area contributed by atoms with E-state index in [9.17, 15) is 29.1 Å². The van der Waals surface area contributed by atoms with Crippen LogP contribution in [-0.2, 0) is 30.4 Å². The number of hydrogen-bond acceptors (Lipinski definition) is 8. The molecule has 10 heteroatoms. The lowest BCUT2D eigenvalue weighted by Gasteiger charge is -2.39. The molecular weight excluding hydrogens is 542 g/mol. The van der Waals surface area contributed by atoms with E-state index < -0.39 is 53.0 Å². The molecule has 5 N–H and O–H groups in total. The van der Waals surface area contributed by atoms with Crippen LogP contribution in [0, 0.1) is 5.41 Å². The van der Waals surface area contributed by atoms with Crippen LogP contribution < -0.4 is 16.4 Å². The molecule has 0 aliphatic heterocycles. The number of rotatable bonds is 12. The van der Waals surface area contributed by atoms with E-state index in [0.29, 0.717) is 11.3 Å². The number of allylic oxidation sites excluding steroid dienone is 3. The topological polar surface area (TPSA) is 156 Å². The Morgan fingerprint density at radius 3 is 2.39 bits per heavy atom. The largest absolute Gasteiger partial charge is 0.381 e. The van der Waals surface area contributed by atoms with Gasteiger partial charge in [-0.2, -0.15) is 11.8 Å². The van der Waals surface area contributed by atoms with E-state index >= 15 is 0 Å². The highest BCUT2D eigenvalue weighted by Gasteiger charge is 2.65. The maximum Gasteiger partial charge on any atom is 0.237 e. The summed E-state index contributed by atoms with van der Waals surface area (Å²) in [5.41, 5.74) is 9.13. The third-order valence-corrected chi connectivity index (χ3v) is 9.49. The molecule has 3 aliphatic carbocycles. The van der Waals surface area contributed by atoms with E-state index in [1.165, 1.54) is 18.7 Å². The first-order valence-corrected chi connectivity index (χ1v) is 14.9. The smallest absolute Gasteiger partial charge is 0.237 e. The Labute approximate surface area is 244 Å². The highest BCUT2D eigenvalue weighted by atomic mass is 32.2. The molecule has 3 atom stereocenters. The van der Waals surface area contributed by atoms with Crippen molar-refractivity contribution in [3.63, 3.8) is 0 Å². The molecular formula is C31H37N3O6S. The molecule has 1 fully saturated rings. The van der Waals surface area contributed by atoms with Crippen LogP contribution in [0.1, 0.15) is 46.1 Å². The summed E-state index contributed by atoms with van der Waals surface area (Å²) in [6.07, 6.45) is 3.60. The Bertz CT molecular complexity index is 1390. The molecule has 9 nitrogen and oxygen atoms in total. The molecule has 4 rings (SSSR count). The van der Waals surface area contributed by atoms with Crippen LogP contribution in [0.5, 0.6) is 0 Å². The van der Waals surface area contributed by atoms with Crippen LogP contribution in [-0.4, -0.2) is 70.0 Å². The molecule has 0 radical (unpaired) electrons. The van der Waals surface area contributed by atoms with Crippen LogP contribution in [0.3, 0.4) is 0 Å². The van der Waals surface area contributed by atoms with E-state index in [1.807, 2.05) is 50.3 Å². The van der Waals surface area contributed by atoms with Crippen LogP contribution in [0.15, 0.2) is 64.3 Å². The summed E-state index contributed by atoms with van der Waals surface area (Å²) in [6, 6.07) is 7.25. The van der Waals surface area contributed by atoms with Crippen molar-refractivity contribution in [2.45, 2.75) is 64.6 Å². The Morgan fingerprint density at radius 2 is 1.78 bits per heavy atom. The highest BCUT2D eigenvalue weighted by molar-refractivity contribution is 7.99. The molecule has 41 heavy (non-hydrogen) atoms. The standard InChI is InChI=1S/C31H37N3O6S/c1-17-12-21-26(18(2)31(10-11-31)30(4,40)28(21)38)22(17)15-41-16-24(34-19(3)35)27(37)25(36)14-33-29(39)23(32)13-20-8-6-5-7-9-20/h5-9,12,23-24,40H,10-11,13-16,32H2,1-4H3,(H,33,39)(H,34,35)/t23-,24-,30-/m0/s1. The average molecular weight is 580 g/mol. The molecule has 0 unspecified atom stereocenters. The molecule has 1 spiro atoms. The molecule has 0 saturated heterocycles. The minimum atomic E-state index is -1.43. The maximum absolute atomic E-state index is 13.2. The summed E-state index contributed by atoms with van der Waals surface area (Å²) >= 11 is 1.37. The van der Waals surface area contributed by atoms with Crippen LogP contribution in [0.4, 0.5) is 0 Å². The minimum Gasteiger partial charge on any atom is -0.381 e. The summed E-state index contributed by atoms with van der Waals surface area (Å²) in [4.78, 5) is 63.1. The minimum absolute atomic E-state index is 0.126. The molecule has 0 heterocycles. The summed E-state index contributed by atoms with van der Waals surface area (Å²) < 4.78 is 0. The first kappa shape index (κ1) is 30.6. The number of benzene rings is 1. The van der Waals surface area contributed by atoms with Gasteiger partial charge in [0.05, 0.1) is 12.6 Å². The van der Waals surface area contributed by atoms with E-state index in [4.69, 9.17) is 5.73 Å². The number of Topliss-reactive ketones (excluding diaryl/α,β-unsaturated/α-hetero) is 3. The number of ketones is 3. The summed E-state index contributed by atoms with van der Waals surface area (Å²) in [6.45, 7) is 6.24. The van der Waals surface area contributed by atoms with Gasteiger partial charge < -0.3 is 21.5 Å². The first-order chi connectivity index (χ1) is 19.3. The van der Waals surface area contributed by atoms with Crippen molar-refractivity contribution in [2.24, 2.45) is 11.1 Å². The lowest BCUT2D eigenvalue weighted by atomic mass is 9.67. The number of fused-ring (bicyclic) bond motifs is 1. The van der Waals surface area contributed by atoms with Gasteiger partial charge in [0.1, 0.15) is 11.6 Å². The predicted molar refractivity (Wildman–Crippen MR) is 157 cm³/mol. The summed E-state index contributed by atoms with van der Waals surface area (Å²) in [5, 5.41) is 16.0. The fraction of sp³-hybridized carbons (Fsp3) is 0.452. The zero-order chi connectivity index (χ0) is 30.1. The Morgan fingerprint density at radius 1 is 1.12 bits per heavy atom. The van der Waals surface area contributed by atoms with Crippen molar-refractivity contribution >= 4 is 40.9 Å². The van der Waals surface area contributed by atoms with Gasteiger partial charge in [-0.1, -0.05) is 35.9 Å². The molecule has 0 bridgehead atoms. The van der Waals surface area contributed by atoms with Crippen molar-refractivity contribution in [3.8, 4) is 0 Å². The second-order valence-electron chi connectivity index (χ2n) is 11.3. The number of aliphatic hydroxyl groups is 1. The van der Waals surface area contributed by atoms with Gasteiger partial charge in [0, 0.05) is 29.4 Å². The Hall–Kier alpha value is -3.34. The quantitative estimate of drug-likeness (QED) is 0.273. The third-order valence-electron chi connectivity index (χ3n) is 8.43. The number of carbonyl (C=O) groups is 5. The van der Waals surface area contributed by atoms with Gasteiger partial charge in [0.2, 0.25) is 23.4 Å². The van der Waals surface area contributed by atoms with Crippen molar-refractivity contribution in [3.05, 3.63) is 69.8 Å². The number of nitrogens with two attached hydrogens (primary N) is 1. The second-order valence-corrected chi connectivity index (χ2v) is 12.3. The molecule has 3 aliphatic rings. The average Bonchev–Trinajstić information content (AvgIpc) is 3.69. The Kier molecular flexibility index (Phi) is 8.87. The van der Waals surface area contributed by atoms with E-state index in [2.05, 4.69) is 10.6 Å². The van der Waals surface area contributed by atoms with E-state index in [1.54, 1.807) is 6.92 Å². The van der Waals surface area contributed by atoms with Crippen molar-refractivity contribution in [1.82, 2.24) is 10.6 Å². The number of hydrogen-bond donors (Lipinski definition) is 4. The second kappa shape index (κ2) is 11.9. The summed E-state index contributed by atoms with van der Waals surface area (Å²) in [5.74, 6) is -2.34. The first-order valence-electron chi connectivity index (χ1n) is 13.7. The maximum atomic E-state index is 13.2. The summed E-state index contributed by atoms with van der Waals surface area (Å²) in [7, 11) is 0. The van der Waals surface area contributed by atoms with Gasteiger partial charge in [-0.05, 0) is 68.4 Å². The third kappa shape index (κ3) is 6.00. The van der Waals surface area contributed by atoms with Crippen LogP contribution in [0.2, 0.25) is 0 Å². The predicted octanol–water partition coefficient (Wildman–Crippen LogP) is 1.74.